The van der Waals surface area contributed by atoms with Gasteiger partial charge in [0.2, 0.25) is 0 Å². The molecule has 0 amide bonds. The van der Waals surface area contributed by atoms with Crippen LogP contribution in [-0.2, 0) is 6.42 Å². The summed E-state index contributed by atoms with van der Waals surface area (Å²) in [6, 6.07) is 4.23. The fourth-order valence-corrected chi connectivity index (χ4v) is 1.88. The third-order valence-electron chi connectivity index (χ3n) is 2.64. The monoisotopic (exact) mass is 174 g/mol. The van der Waals surface area contributed by atoms with Crippen molar-refractivity contribution in [1.29, 1.82) is 0 Å². The SMILES string of the molecule is COc1ccc2c(c1C)C=CCC2. The van der Waals surface area contributed by atoms with E-state index in [1.807, 2.05) is 0 Å². The van der Waals surface area contributed by atoms with E-state index in [1.54, 1.807) is 7.11 Å². The normalized spacial score (nSPS) is 14.0. The zero-order chi connectivity index (χ0) is 9.26. The highest BCUT2D eigenvalue weighted by molar-refractivity contribution is 5.63. The summed E-state index contributed by atoms with van der Waals surface area (Å²) < 4.78 is 5.28. The molecule has 0 atom stereocenters. The highest BCUT2D eigenvalue weighted by Crippen LogP contribution is 2.28. The van der Waals surface area contributed by atoms with Crippen LogP contribution < -0.4 is 4.74 Å². The molecule has 1 aromatic carbocycles. The lowest BCUT2D eigenvalue weighted by atomic mass is 9.93. The van der Waals surface area contributed by atoms with Gasteiger partial charge in [0.25, 0.3) is 0 Å². The highest BCUT2D eigenvalue weighted by atomic mass is 16.5. The Morgan fingerprint density at radius 1 is 1.31 bits per heavy atom. The van der Waals surface area contributed by atoms with Gasteiger partial charge in [-0.3, -0.25) is 0 Å². The van der Waals surface area contributed by atoms with Crippen molar-refractivity contribution in [3.63, 3.8) is 0 Å². The summed E-state index contributed by atoms with van der Waals surface area (Å²) in [5.41, 5.74) is 4.06. The Kier molecular flexibility index (Phi) is 2.09. The fourth-order valence-electron chi connectivity index (χ4n) is 1.88. The van der Waals surface area contributed by atoms with Crippen molar-refractivity contribution in [2.45, 2.75) is 19.8 Å². The summed E-state index contributed by atoms with van der Waals surface area (Å²) in [5.74, 6) is 0.991. The Labute approximate surface area is 79.0 Å². The number of benzene rings is 1. The standard InChI is InChI=1S/C12H14O/c1-9-11-6-4-3-5-10(11)7-8-12(9)13-2/h4,6-8H,3,5H2,1-2H3. The van der Waals surface area contributed by atoms with Gasteiger partial charge in [-0.05, 0) is 42.5 Å². The average molecular weight is 174 g/mol. The van der Waals surface area contributed by atoms with E-state index < -0.39 is 0 Å². The van der Waals surface area contributed by atoms with E-state index in [1.165, 1.54) is 23.1 Å². The first kappa shape index (κ1) is 8.36. The molecule has 13 heavy (non-hydrogen) atoms. The van der Waals surface area contributed by atoms with Crippen molar-refractivity contribution in [2.75, 3.05) is 7.11 Å². The van der Waals surface area contributed by atoms with Crippen LogP contribution in [0.5, 0.6) is 5.75 Å². The Morgan fingerprint density at radius 2 is 2.15 bits per heavy atom. The Balaban J connectivity index is 2.57. The summed E-state index contributed by atoms with van der Waals surface area (Å²) in [5, 5.41) is 0. The smallest absolute Gasteiger partial charge is 0.122 e. The van der Waals surface area contributed by atoms with Gasteiger partial charge < -0.3 is 4.74 Å². The lowest BCUT2D eigenvalue weighted by Gasteiger charge is -2.15. The first-order chi connectivity index (χ1) is 6.33. The molecule has 1 aliphatic rings. The molecule has 68 valence electrons. The van der Waals surface area contributed by atoms with Crippen molar-refractivity contribution in [3.8, 4) is 5.75 Å². The van der Waals surface area contributed by atoms with E-state index in [2.05, 4.69) is 31.2 Å². The lowest BCUT2D eigenvalue weighted by Crippen LogP contribution is -1.98. The molecule has 0 fully saturated rings. The van der Waals surface area contributed by atoms with Crippen LogP contribution in [-0.4, -0.2) is 7.11 Å². The molecule has 0 spiro atoms. The minimum atomic E-state index is 0.991. The van der Waals surface area contributed by atoms with Crippen LogP contribution in [0.3, 0.4) is 0 Å². The van der Waals surface area contributed by atoms with E-state index in [0.717, 1.165) is 12.2 Å². The maximum atomic E-state index is 5.28. The van der Waals surface area contributed by atoms with E-state index in [0.29, 0.717) is 0 Å². The Bertz CT molecular complexity index is 350. The summed E-state index contributed by atoms with van der Waals surface area (Å²) in [6.45, 7) is 2.12. The number of hydrogen-bond donors (Lipinski definition) is 0. The van der Waals surface area contributed by atoms with E-state index in [9.17, 15) is 0 Å². The number of methoxy groups -OCH3 is 1. The van der Waals surface area contributed by atoms with Crippen molar-refractivity contribution in [3.05, 3.63) is 34.9 Å². The van der Waals surface area contributed by atoms with E-state index in [-0.39, 0.29) is 0 Å². The summed E-state index contributed by atoms with van der Waals surface area (Å²) in [4.78, 5) is 0. The minimum Gasteiger partial charge on any atom is -0.496 e. The molecule has 0 saturated heterocycles. The number of fused-ring (bicyclic) bond motifs is 1. The molecule has 1 heteroatoms. The number of hydrogen-bond acceptors (Lipinski definition) is 1. The van der Waals surface area contributed by atoms with Gasteiger partial charge in [0.1, 0.15) is 5.75 Å². The Hall–Kier alpha value is -1.24. The van der Waals surface area contributed by atoms with Crippen LogP contribution in [0.25, 0.3) is 6.08 Å². The van der Waals surface area contributed by atoms with Gasteiger partial charge in [-0.25, -0.2) is 0 Å². The number of rotatable bonds is 1. The molecule has 1 aliphatic carbocycles. The molecule has 0 saturated carbocycles. The molecule has 0 unspecified atom stereocenters. The first-order valence-corrected chi connectivity index (χ1v) is 4.66. The van der Waals surface area contributed by atoms with Crippen LogP contribution in [0, 0.1) is 6.92 Å². The summed E-state index contributed by atoms with van der Waals surface area (Å²) in [6.07, 6.45) is 6.76. The van der Waals surface area contributed by atoms with Crippen molar-refractivity contribution in [2.24, 2.45) is 0 Å². The molecule has 0 radical (unpaired) electrons. The Morgan fingerprint density at radius 3 is 2.92 bits per heavy atom. The summed E-state index contributed by atoms with van der Waals surface area (Å²) in [7, 11) is 1.72. The molecule has 1 nitrogen and oxygen atoms in total. The second kappa shape index (κ2) is 3.25. The van der Waals surface area contributed by atoms with Crippen molar-refractivity contribution in [1.82, 2.24) is 0 Å². The first-order valence-electron chi connectivity index (χ1n) is 4.66. The van der Waals surface area contributed by atoms with Gasteiger partial charge >= 0.3 is 0 Å². The quantitative estimate of drug-likeness (QED) is 0.636. The van der Waals surface area contributed by atoms with Crippen LogP contribution >= 0.6 is 0 Å². The zero-order valence-electron chi connectivity index (χ0n) is 8.13. The molecule has 0 bridgehead atoms. The second-order valence-electron chi connectivity index (χ2n) is 3.41. The third kappa shape index (κ3) is 1.35. The predicted molar refractivity (Wildman–Crippen MR) is 55.1 cm³/mol. The van der Waals surface area contributed by atoms with Crippen LogP contribution in [0.15, 0.2) is 18.2 Å². The van der Waals surface area contributed by atoms with Crippen LogP contribution in [0.4, 0.5) is 0 Å². The van der Waals surface area contributed by atoms with E-state index >= 15 is 0 Å². The molecular formula is C12H14O. The summed E-state index contributed by atoms with van der Waals surface area (Å²) >= 11 is 0. The van der Waals surface area contributed by atoms with Gasteiger partial charge in [0.05, 0.1) is 7.11 Å². The fraction of sp³-hybridized carbons (Fsp3) is 0.333. The van der Waals surface area contributed by atoms with Crippen LogP contribution in [0.2, 0.25) is 0 Å². The molecule has 0 heterocycles. The number of aryl methyl sites for hydroxylation is 1. The molecule has 0 aliphatic heterocycles. The molecule has 1 aromatic rings. The van der Waals surface area contributed by atoms with Gasteiger partial charge in [0, 0.05) is 0 Å². The van der Waals surface area contributed by atoms with Gasteiger partial charge in [0.15, 0.2) is 0 Å². The minimum absolute atomic E-state index is 0.991. The van der Waals surface area contributed by atoms with Crippen LogP contribution in [0.1, 0.15) is 23.1 Å². The number of ether oxygens (including phenoxy) is 1. The zero-order valence-corrected chi connectivity index (χ0v) is 8.13. The van der Waals surface area contributed by atoms with E-state index in [4.69, 9.17) is 4.74 Å². The molecule has 0 N–H and O–H groups in total. The molecule has 0 aromatic heterocycles. The molecular weight excluding hydrogens is 160 g/mol. The van der Waals surface area contributed by atoms with Gasteiger partial charge in [-0.2, -0.15) is 0 Å². The van der Waals surface area contributed by atoms with Crippen molar-refractivity contribution >= 4 is 6.08 Å². The van der Waals surface area contributed by atoms with Crippen molar-refractivity contribution < 1.29 is 4.74 Å². The third-order valence-corrected chi connectivity index (χ3v) is 2.64. The highest BCUT2D eigenvalue weighted by Gasteiger charge is 2.09. The topological polar surface area (TPSA) is 9.23 Å². The average Bonchev–Trinajstić information content (AvgIpc) is 2.19. The van der Waals surface area contributed by atoms with Gasteiger partial charge in [-0.15, -0.1) is 0 Å². The largest absolute Gasteiger partial charge is 0.496 e. The van der Waals surface area contributed by atoms with Gasteiger partial charge in [-0.1, -0.05) is 18.2 Å². The maximum Gasteiger partial charge on any atom is 0.122 e. The predicted octanol–water partition coefficient (Wildman–Crippen LogP) is 2.96. The lowest BCUT2D eigenvalue weighted by molar-refractivity contribution is 0.411. The number of allylic oxidation sites excluding steroid dienone is 1. The second-order valence-corrected chi connectivity index (χ2v) is 3.41. The maximum absolute atomic E-state index is 5.28. The molecule has 2 rings (SSSR count).